The van der Waals surface area contributed by atoms with Crippen LogP contribution in [-0.4, -0.2) is 25.1 Å². The van der Waals surface area contributed by atoms with Gasteiger partial charge in [0, 0.05) is 4.47 Å². The first-order valence-corrected chi connectivity index (χ1v) is 6.93. The van der Waals surface area contributed by atoms with Crippen molar-refractivity contribution in [3.8, 4) is 0 Å². The lowest BCUT2D eigenvalue weighted by atomic mass is 10.1. The predicted molar refractivity (Wildman–Crippen MR) is 73.0 cm³/mol. The van der Waals surface area contributed by atoms with Crippen LogP contribution in [0.1, 0.15) is 18.4 Å². The quantitative estimate of drug-likeness (QED) is 0.833. The molecule has 1 aliphatic heterocycles. The molecule has 1 fully saturated rings. The van der Waals surface area contributed by atoms with E-state index in [9.17, 15) is 4.79 Å². The molecular weight excluding hydrogens is 296 g/mol. The minimum Gasteiger partial charge on any atom is -0.317 e. The van der Waals surface area contributed by atoms with Gasteiger partial charge in [-0.2, -0.15) is 0 Å². The highest BCUT2D eigenvalue weighted by atomic mass is 79.9. The molecule has 4 nitrogen and oxygen atoms in total. The van der Waals surface area contributed by atoms with E-state index in [0.29, 0.717) is 6.42 Å². The number of amides is 1. The maximum absolute atomic E-state index is 11.7. The highest BCUT2D eigenvalue weighted by Crippen LogP contribution is 2.12. The standard InChI is InChI=1S/C13H17BrN2O2/c14-11-3-1-2-10(8-11)9-13(17)16-18-12-4-6-15-7-5-12/h1-3,8,12,15H,4-7,9H2,(H,16,17). The largest absolute Gasteiger partial charge is 0.317 e. The first kappa shape index (κ1) is 13.5. The Morgan fingerprint density at radius 3 is 2.94 bits per heavy atom. The molecule has 18 heavy (non-hydrogen) atoms. The van der Waals surface area contributed by atoms with Gasteiger partial charge in [0.2, 0.25) is 5.91 Å². The molecule has 0 aliphatic carbocycles. The Morgan fingerprint density at radius 2 is 2.22 bits per heavy atom. The molecule has 1 aliphatic rings. The Kier molecular flexibility index (Phi) is 5.16. The number of piperidine rings is 1. The molecule has 0 saturated carbocycles. The summed E-state index contributed by atoms with van der Waals surface area (Å²) in [7, 11) is 0. The molecule has 2 rings (SSSR count). The fourth-order valence-electron chi connectivity index (χ4n) is 1.93. The number of hydrogen-bond acceptors (Lipinski definition) is 3. The lowest BCUT2D eigenvalue weighted by molar-refractivity contribution is -0.139. The van der Waals surface area contributed by atoms with Gasteiger partial charge in [0.25, 0.3) is 0 Å². The Balaban J connectivity index is 1.74. The van der Waals surface area contributed by atoms with Gasteiger partial charge in [-0.3, -0.25) is 9.63 Å². The third-order valence-corrected chi connectivity index (χ3v) is 3.37. The van der Waals surface area contributed by atoms with Gasteiger partial charge in [-0.1, -0.05) is 28.1 Å². The number of nitrogens with one attached hydrogen (secondary N) is 2. The van der Waals surface area contributed by atoms with Crippen LogP contribution in [0.3, 0.4) is 0 Å². The van der Waals surface area contributed by atoms with Crippen molar-refractivity contribution in [1.29, 1.82) is 0 Å². The van der Waals surface area contributed by atoms with Crippen molar-refractivity contribution in [3.05, 3.63) is 34.3 Å². The molecule has 1 aromatic carbocycles. The molecule has 1 aromatic rings. The maximum atomic E-state index is 11.7. The van der Waals surface area contributed by atoms with Crippen molar-refractivity contribution in [3.63, 3.8) is 0 Å². The number of rotatable bonds is 4. The smallest absolute Gasteiger partial charge is 0.247 e. The molecule has 0 spiro atoms. The van der Waals surface area contributed by atoms with Crippen molar-refractivity contribution in [1.82, 2.24) is 10.8 Å². The van der Waals surface area contributed by atoms with E-state index in [-0.39, 0.29) is 12.0 Å². The minimum absolute atomic E-state index is 0.105. The first-order chi connectivity index (χ1) is 8.74. The second kappa shape index (κ2) is 6.87. The average molecular weight is 313 g/mol. The Morgan fingerprint density at radius 1 is 1.44 bits per heavy atom. The van der Waals surface area contributed by atoms with E-state index in [1.54, 1.807) is 0 Å². The third-order valence-electron chi connectivity index (χ3n) is 2.88. The van der Waals surface area contributed by atoms with Gasteiger partial charge in [0.1, 0.15) is 0 Å². The van der Waals surface area contributed by atoms with Crippen molar-refractivity contribution in [2.75, 3.05) is 13.1 Å². The molecule has 0 radical (unpaired) electrons. The summed E-state index contributed by atoms with van der Waals surface area (Å²) in [6, 6.07) is 7.71. The monoisotopic (exact) mass is 312 g/mol. The number of halogens is 1. The van der Waals surface area contributed by atoms with E-state index in [1.165, 1.54) is 0 Å². The zero-order valence-corrected chi connectivity index (χ0v) is 11.7. The van der Waals surface area contributed by atoms with Gasteiger partial charge < -0.3 is 5.32 Å². The molecule has 1 amide bonds. The van der Waals surface area contributed by atoms with Crippen LogP contribution >= 0.6 is 15.9 Å². The van der Waals surface area contributed by atoms with E-state index < -0.39 is 0 Å². The van der Waals surface area contributed by atoms with Crippen LogP contribution in [0.15, 0.2) is 28.7 Å². The summed E-state index contributed by atoms with van der Waals surface area (Å²) in [6.45, 7) is 1.90. The molecule has 0 atom stereocenters. The summed E-state index contributed by atoms with van der Waals surface area (Å²) in [5.74, 6) is -0.105. The van der Waals surface area contributed by atoms with Crippen molar-refractivity contribution in [2.24, 2.45) is 0 Å². The van der Waals surface area contributed by atoms with Gasteiger partial charge in [-0.25, -0.2) is 5.48 Å². The van der Waals surface area contributed by atoms with Crippen molar-refractivity contribution >= 4 is 21.8 Å². The average Bonchev–Trinajstić information content (AvgIpc) is 2.38. The van der Waals surface area contributed by atoms with E-state index in [2.05, 4.69) is 26.7 Å². The predicted octanol–water partition coefficient (Wildman–Crippen LogP) is 1.79. The van der Waals surface area contributed by atoms with Crippen LogP contribution in [0.25, 0.3) is 0 Å². The zero-order chi connectivity index (χ0) is 12.8. The molecule has 2 N–H and O–H groups in total. The number of carbonyl (C=O) groups is 1. The fraction of sp³-hybridized carbons (Fsp3) is 0.462. The summed E-state index contributed by atoms with van der Waals surface area (Å²) in [5.41, 5.74) is 3.51. The second-order valence-electron chi connectivity index (χ2n) is 4.40. The number of benzene rings is 1. The van der Waals surface area contributed by atoms with E-state index in [0.717, 1.165) is 36.0 Å². The van der Waals surface area contributed by atoms with Gasteiger partial charge in [0.05, 0.1) is 12.5 Å². The number of hydrogen-bond donors (Lipinski definition) is 2. The van der Waals surface area contributed by atoms with Gasteiger partial charge in [-0.15, -0.1) is 0 Å². The Labute approximate surface area is 115 Å². The summed E-state index contributed by atoms with van der Waals surface area (Å²) < 4.78 is 0.979. The number of carbonyl (C=O) groups excluding carboxylic acids is 1. The van der Waals surface area contributed by atoms with Crippen LogP contribution in [-0.2, 0) is 16.1 Å². The van der Waals surface area contributed by atoms with Crippen LogP contribution in [0, 0.1) is 0 Å². The maximum Gasteiger partial charge on any atom is 0.247 e. The molecule has 1 saturated heterocycles. The van der Waals surface area contributed by atoms with Gasteiger partial charge >= 0.3 is 0 Å². The molecule has 98 valence electrons. The summed E-state index contributed by atoms with van der Waals surface area (Å²) >= 11 is 3.38. The molecule has 0 aromatic heterocycles. The molecular formula is C13H17BrN2O2. The minimum atomic E-state index is -0.105. The van der Waals surface area contributed by atoms with Crippen molar-refractivity contribution in [2.45, 2.75) is 25.4 Å². The van der Waals surface area contributed by atoms with Crippen LogP contribution < -0.4 is 10.8 Å². The Bertz CT molecular complexity index is 406. The van der Waals surface area contributed by atoms with Crippen molar-refractivity contribution < 1.29 is 9.63 Å². The third kappa shape index (κ3) is 4.40. The Hall–Kier alpha value is -0.910. The lowest BCUT2D eigenvalue weighted by Crippen LogP contribution is -2.37. The highest BCUT2D eigenvalue weighted by Gasteiger charge is 2.14. The molecule has 0 bridgehead atoms. The summed E-state index contributed by atoms with van der Waals surface area (Å²) in [4.78, 5) is 17.1. The normalized spacial score (nSPS) is 16.5. The topological polar surface area (TPSA) is 50.4 Å². The van der Waals surface area contributed by atoms with E-state index >= 15 is 0 Å². The second-order valence-corrected chi connectivity index (χ2v) is 5.31. The number of hydroxylamine groups is 1. The van der Waals surface area contributed by atoms with Gasteiger partial charge in [0.15, 0.2) is 0 Å². The lowest BCUT2D eigenvalue weighted by Gasteiger charge is -2.22. The molecule has 0 unspecified atom stereocenters. The first-order valence-electron chi connectivity index (χ1n) is 6.14. The van der Waals surface area contributed by atoms with Crippen LogP contribution in [0.4, 0.5) is 0 Å². The van der Waals surface area contributed by atoms with E-state index in [4.69, 9.17) is 4.84 Å². The van der Waals surface area contributed by atoms with E-state index in [1.807, 2.05) is 24.3 Å². The summed E-state index contributed by atoms with van der Waals surface area (Å²) in [6.07, 6.45) is 2.36. The molecule has 1 heterocycles. The summed E-state index contributed by atoms with van der Waals surface area (Å²) in [5, 5.41) is 3.25. The fourth-order valence-corrected chi connectivity index (χ4v) is 2.38. The molecule has 5 heteroatoms. The van der Waals surface area contributed by atoms with Crippen LogP contribution in [0.2, 0.25) is 0 Å². The highest BCUT2D eigenvalue weighted by molar-refractivity contribution is 9.10. The zero-order valence-electron chi connectivity index (χ0n) is 10.1. The SMILES string of the molecule is O=C(Cc1cccc(Br)c1)NOC1CCNCC1. The van der Waals surface area contributed by atoms with Crippen LogP contribution in [0.5, 0.6) is 0 Å². The van der Waals surface area contributed by atoms with Gasteiger partial charge in [-0.05, 0) is 43.6 Å².